The van der Waals surface area contributed by atoms with Gasteiger partial charge in [-0.15, -0.1) is 10.2 Å². The van der Waals surface area contributed by atoms with Gasteiger partial charge in [0.2, 0.25) is 5.91 Å². The number of hydrogen-bond donors (Lipinski definition) is 1. The number of thioether (sulfide) groups is 1. The van der Waals surface area contributed by atoms with Crippen molar-refractivity contribution in [1.82, 2.24) is 19.7 Å². The maximum atomic E-state index is 12.9. The van der Waals surface area contributed by atoms with Gasteiger partial charge in [-0.3, -0.25) is 14.3 Å². The molecular formula is C21H21ClF3N5OS. The molecule has 0 bridgehead atoms. The van der Waals surface area contributed by atoms with E-state index in [1.807, 2.05) is 42.6 Å². The number of anilines is 1. The number of nitrogens with zero attached hydrogens (tertiary/aromatic N) is 4. The third-order valence-electron chi connectivity index (χ3n) is 4.70. The van der Waals surface area contributed by atoms with Crippen LogP contribution in [0.3, 0.4) is 0 Å². The lowest BCUT2D eigenvalue weighted by molar-refractivity contribution is -0.137. The van der Waals surface area contributed by atoms with E-state index in [1.54, 1.807) is 12.1 Å². The molecule has 1 aromatic heterocycles. The molecule has 1 heterocycles. The molecule has 170 valence electrons. The zero-order valence-corrected chi connectivity index (χ0v) is 19.1. The van der Waals surface area contributed by atoms with Gasteiger partial charge in [0, 0.05) is 16.4 Å². The van der Waals surface area contributed by atoms with Gasteiger partial charge in [0.25, 0.3) is 0 Å². The molecule has 3 rings (SSSR count). The van der Waals surface area contributed by atoms with Crippen molar-refractivity contribution in [1.29, 1.82) is 0 Å². The fourth-order valence-electron chi connectivity index (χ4n) is 2.81. The lowest BCUT2D eigenvalue weighted by Gasteiger charge is -2.20. The van der Waals surface area contributed by atoms with Crippen molar-refractivity contribution in [3.8, 4) is 5.69 Å². The number of nitrogens with one attached hydrogen (secondary N) is 1. The summed E-state index contributed by atoms with van der Waals surface area (Å²) in [4.78, 5) is 14.4. The molecular weight excluding hydrogens is 463 g/mol. The van der Waals surface area contributed by atoms with Crippen molar-refractivity contribution in [2.75, 3.05) is 25.2 Å². The lowest BCUT2D eigenvalue weighted by Crippen LogP contribution is -2.21. The molecule has 0 aliphatic carbocycles. The third-order valence-corrected chi connectivity index (χ3v) is 5.88. The van der Waals surface area contributed by atoms with Crippen molar-refractivity contribution in [3.63, 3.8) is 0 Å². The summed E-state index contributed by atoms with van der Waals surface area (Å²) in [5, 5.41) is 12.1. The Hall–Kier alpha value is -2.56. The predicted molar refractivity (Wildman–Crippen MR) is 119 cm³/mol. The van der Waals surface area contributed by atoms with Crippen LogP contribution in [0.2, 0.25) is 5.02 Å². The normalized spacial score (nSPS) is 12.8. The van der Waals surface area contributed by atoms with Gasteiger partial charge in [-0.25, -0.2) is 0 Å². The minimum Gasteiger partial charge on any atom is -0.325 e. The van der Waals surface area contributed by atoms with E-state index in [0.717, 1.165) is 29.6 Å². The Labute approximate surface area is 192 Å². The number of halogens is 4. The lowest BCUT2D eigenvalue weighted by atomic mass is 10.2. The Morgan fingerprint density at radius 1 is 1.19 bits per heavy atom. The molecule has 0 saturated carbocycles. The quantitative estimate of drug-likeness (QED) is 0.462. The minimum atomic E-state index is -4.48. The summed E-state index contributed by atoms with van der Waals surface area (Å²) in [6.07, 6.45) is -4.48. The number of carbonyl (C=O) groups is 1. The second-order valence-electron chi connectivity index (χ2n) is 7.21. The molecule has 2 aromatic carbocycles. The molecule has 1 unspecified atom stereocenters. The second kappa shape index (κ2) is 9.93. The Morgan fingerprint density at radius 3 is 2.50 bits per heavy atom. The van der Waals surface area contributed by atoms with Crippen LogP contribution in [0.4, 0.5) is 18.9 Å². The number of carbonyl (C=O) groups excluding carboxylic acids is 1. The molecule has 0 fully saturated rings. The maximum absolute atomic E-state index is 12.9. The van der Waals surface area contributed by atoms with Crippen LogP contribution in [0.5, 0.6) is 0 Å². The Balaban J connectivity index is 1.79. The number of hydrogen-bond acceptors (Lipinski definition) is 5. The maximum Gasteiger partial charge on any atom is 0.416 e. The highest BCUT2D eigenvalue weighted by Gasteiger charge is 2.30. The number of amides is 1. The Morgan fingerprint density at radius 2 is 1.88 bits per heavy atom. The minimum absolute atomic E-state index is 0.0572. The standard InChI is InChI=1S/C21H21ClF3N5OS/c1-13(29(2)3)19-27-28-20(30(19)17-9-7-15(22)8-10-17)32-12-18(31)26-16-6-4-5-14(11-16)21(23,24)25/h4-11,13H,12H2,1-3H3,(H,26,31). The third kappa shape index (κ3) is 5.81. The van der Waals surface area contributed by atoms with E-state index in [2.05, 4.69) is 15.5 Å². The topological polar surface area (TPSA) is 63.1 Å². The first-order valence-electron chi connectivity index (χ1n) is 9.54. The summed E-state index contributed by atoms with van der Waals surface area (Å²) in [5.41, 5.74) is 0.0307. The molecule has 1 amide bonds. The van der Waals surface area contributed by atoms with Crippen LogP contribution in [0.15, 0.2) is 53.7 Å². The van der Waals surface area contributed by atoms with Gasteiger partial charge in [0.15, 0.2) is 11.0 Å². The molecule has 0 radical (unpaired) electrons. The highest BCUT2D eigenvalue weighted by Crippen LogP contribution is 2.31. The Bertz CT molecular complexity index is 1090. The fraction of sp³-hybridized carbons (Fsp3) is 0.286. The zero-order chi connectivity index (χ0) is 23.5. The highest BCUT2D eigenvalue weighted by atomic mass is 35.5. The van der Waals surface area contributed by atoms with E-state index < -0.39 is 17.6 Å². The van der Waals surface area contributed by atoms with E-state index in [4.69, 9.17) is 11.6 Å². The van der Waals surface area contributed by atoms with Crippen molar-refractivity contribution in [2.45, 2.75) is 24.3 Å². The van der Waals surface area contributed by atoms with Crippen LogP contribution < -0.4 is 5.32 Å². The second-order valence-corrected chi connectivity index (χ2v) is 8.59. The molecule has 6 nitrogen and oxygen atoms in total. The molecule has 1 N–H and O–H groups in total. The van der Waals surface area contributed by atoms with E-state index in [9.17, 15) is 18.0 Å². The van der Waals surface area contributed by atoms with E-state index in [0.29, 0.717) is 16.0 Å². The van der Waals surface area contributed by atoms with Crippen molar-refractivity contribution < 1.29 is 18.0 Å². The van der Waals surface area contributed by atoms with Gasteiger partial charge in [-0.05, 0) is 63.5 Å². The van der Waals surface area contributed by atoms with Crippen molar-refractivity contribution in [2.24, 2.45) is 0 Å². The molecule has 1 atom stereocenters. The SMILES string of the molecule is CC(c1nnc(SCC(=O)Nc2cccc(C(F)(F)F)c2)n1-c1ccc(Cl)cc1)N(C)C. The molecule has 11 heteroatoms. The van der Waals surface area contributed by atoms with Gasteiger partial charge in [0.1, 0.15) is 0 Å². The largest absolute Gasteiger partial charge is 0.416 e. The number of rotatable bonds is 7. The number of benzene rings is 2. The molecule has 0 aliphatic heterocycles. The van der Waals surface area contributed by atoms with Gasteiger partial charge >= 0.3 is 6.18 Å². The molecule has 0 spiro atoms. The van der Waals surface area contributed by atoms with Crippen LogP contribution in [0.25, 0.3) is 5.69 Å². The summed E-state index contributed by atoms with van der Waals surface area (Å²) in [5.74, 6) is 0.165. The van der Waals surface area contributed by atoms with Gasteiger partial charge < -0.3 is 5.32 Å². The summed E-state index contributed by atoms with van der Waals surface area (Å²) < 4.78 is 40.5. The Kier molecular flexibility index (Phi) is 7.47. The average molecular weight is 484 g/mol. The molecule has 0 aliphatic rings. The average Bonchev–Trinajstić information content (AvgIpc) is 3.15. The molecule has 32 heavy (non-hydrogen) atoms. The van der Waals surface area contributed by atoms with Gasteiger partial charge in [0.05, 0.1) is 17.4 Å². The highest BCUT2D eigenvalue weighted by molar-refractivity contribution is 7.99. The zero-order valence-electron chi connectivity index (χ0n) is 17.5. The first kappa shape index (κ1) is 24.1. The van der Waals surface area contributed by atoms with Crippen LogP contribution in [-0.2, 0) is 11.0 Å². The van der Waals surface area contributed by atoms with Crippen LogP contribution in [0, 0.1) is 0 Å². The first-order valence-corrected chi connectivity index (χ1v) is 10.9. The van der Waals surface area contributed by atoms with E-state index >= 15 is 0 Å². The van der Waals surface area contributed by atoms with Gasteiger partial charge in [-0.2, -0.15) is 13.2 Å². The summed E-state index contributed by atoms with van der Waals surface area (Å²) >= 11 is 7.14. The van der Waals surface area contributed by atoms with Crippen molar-refractivity contribution >= 4 is 35.0 Å². The van der Waals surface area contributed by atoms with E-state index in [-0.39, 0.29) is 17.5 Å². The molecule has 3 aromatic rings. The van der Waals surface area contributed by atoms with Gasteiger partial charge in [-0.1, -0.05) is 29.4 Å². The number of aromatic nitrogens is 3. The summed E-state index contributed by atoms with van der Waals surface area (Å²) in [6, 6.07) is 11.6. The predicted octanol–water partition coefficient (Wildman–Crippen LogP) is 5.29. The van der Waals surface area contributed by atoms with Crippen LogP contribution >= 0.6 is 23.4 Å². The monoisotopic (exact) mass is 483 g/mol. The molecule has 0 saturated heterocycles. The van der Waals surface area contributed by atoms with Crippen LogP contribution in [-0.4, -0.2) is 45.4 Å². The van der Waals surface area contributed by atoms with Crippen molar-refractivity contribution in [3.05, 3.63) is 64.9 Å². The van der Waals surface area contributed by atoms with Crippen LogP contribution in [0.1, 0.15) is 24.4 Å². The summed E-state index contributed by atoms with van der Waals surface area (Å²) in [7, 11) is 3.84. The fourth-order valence-corrected chi connectivity index (χ4v) is 3.69. The number of alkyl halides is 3. The first-order chi connectivity index (χ1) is 15.1. The smallest absolute Gasteiger partial charge is 0.325 e. The van der Waals surface area contributed by atoms with E-state index in [1.165, 1.54) is 12.1 Å². The summed E-state index contributed by atoms with van der Waals surface area (Å²) in [6.45, 7) is 1.98.